The van der Waals surface area contributed by atoms with Crippen molar-refractivity contribution in [2.75, 3.05) is 0 Å². The highest BCUT2D eigenvalue weighted by Gasteiger charge is 2.32. The van der Waals surface area contributed by atoms with Gasteiger partial charge in [-0.3, -0.25) is 12.9 Å². The maximum atomic E-state index is 12.4. The van der Waals surface area contributed by atoms with Gasteiger partial charge in [0.15, 0.2) is 0 Å². The Hall–Kier alpha value is 0.256. The fourth-order valence-electron chi connectivity index (χ4n) is 1.06. The Morgan fingerprint density at radius 2 is 1.92 bits per heavy atom. The summed E-state index contributed by atoms with van der Waals surface area (Å²) in [6, 6.07) is 4.49. The van der Waals surface area contributed by atoms with Crippen LogP contribution in [0.1, 0.15) is 11.1 Å². The Kier molecular flexibility index (Phi) is 3.65. The number of benzene rings is 1. The van der Waals surface area contributed by atoms with Gasteiger partial charge in [-0.15, -0.1) is 0 Å². The molecule has 0 spiro atoms. The molecule has 0 aliphatic rings. The molecule has 0 heterocycles. The highest BCUT2D eigenvalue weighted by molar-refractivity contribution is 9.23. The molecule has 0 atom stereocenters. The summed E-state index contributed by atoms with van der Waals surface area (Å²) in [4.78, 5) is 0. The standard InChI is InChI=1S/C8H6F3.BrH.Mg/c1-6-4-2-3-5-7(6)8(9,10)11;;/h2,4-5H,1H3;1H;/q;;+1/p-1. The third-order valence-corrected chi connectivity index (χ3v) is 4.45. The van der Waals surface area contributed by atoms with E-state index in [1.54, 1.807) is 6.07 Å². The Bertz CT molecular complexity index is 309. The molecule has 0 aliphatic heterocycles. The van der Waals surface area contributed by atoms with Crippen molar-refractivity contribution >= 4 is 34.8 Å². The lowest BCUT2D eigenvalue weighted by molar-refractivity contribution is -0.138. The second-order valence-electron chi connectivity index (χ2n) is 2.78. The van der Waals surface area contributed by atoms with Crippen molar-refractivity contribution in [3.05, 3.63) is 29.3 Å². The van der Waals surface area contributed by atoms with Gasteiger partial charge in [0.05, 0.1) is 5.56 Å². The van der Waals surface area contributed by atoms with E-state index in [0.29, 0.717) is 0 Å². The third-order valence-electron chi connectivity index (χ3n) is 1.76. The number of hydrogen-bond donors (Lipinski definition) is 0. The van der Waals surface area contributed by atoms with Crippen LogP contribution in [0.2, 0.25) is 0 Å². The van der Waals surface area contributed by atoms with E-state index >= 15 is 0 Å². The summed E-state index contributed by atoms with van der Waals surface area (Å²) in [5, 5.41) is 0. The Balaban J connectivity index is 3.19. The van der Waals surface area contributed by atoms with Crippen molar-refractivity contribution in [2.24, 2.45) is 0 Å². The molecular weight excluding hydrogens is 257 g/mol. The second kappa shape index (κ2) is 4.19. The molecular formula is C8H6BrF3Mg. The van der Waals surface area contributed by atoms with Gasteiger partial charge in [0.1, 0.15) is 0 Å². The van der Waals surface area contributed by atoms with Gasteiger partial charge in [-0.1, -0.05) is 18.2 Å². The van der Waals surface area contributed by atoms with E-state index in [2.05, 4.69) is 12.9 Å². The molecule has 13 heavy (non-hydrogen) atoms. The van der Waals surface area contributed by atoms with Crippen LogP contribution in [-0.4, -0.2) is 18.2 Å². The Morgan fingerprint density at radius 3 is 2.38 bits per heavy atom. The van der Waals surface area contributed by atoms with Gasteiger partial charge in [0, 0.05) is 0 Å². The van der Waals surface area contributed by atoms with Gasteiger partial charge in [-0.05, 0) is 12.5 Å². The first kappa shape index (κ1) is 11.3. The lowest BCUT2D eigenvalue weighted by atomic mass is 10.1. The number of alkyl halides is 3. The van der Waals surface area contributed by atoms with Crippen molar-refractivity contribution in [3.8, 4) is 0 Å². The maximum Gasteiger partial charge on any atom is 0.506 e. The molecule has 0 nitrogen and oxygen atoms in total. The molecule has 0 radical (unpaired) electrons. The summed E-state index contributed by atoms with van der Waals surface area (Å²) in [6.45, 7) is 1.47. The molecule has 0 saturated heterocycles. The lowest BCUT2D eigenvalue weighted by Crippen LogP contribution is -2.15. The first-order valence-electron chi connectivity index (χ1n) is 3.68. The van der Waals surface area contributed by atoms with Crippen LogP contribution in [0.4, 0.5) is 13.2 Å². The first-order valence-corrected chi connectivity index (χ1v) is 8.28. The maximum absolute atomic E-state index is 12.4. The number of aryl methyl sites for hydroxylation is 1. The van der Waals surface area contributed by atoms with Crippen molar-refractivity contribution in [3.63, 3.8) is 0 Å². The van der Waals surface area contributed by atoms with E-state index in [4.69, 9.17) is 0 Å². The third kappa shape index (κ3) is 2.85. The van der Waals surface area contributed by atoms with E-state index in [9.17, 15) is 13.2 Å². The molecule has 0 saturated carbocycles. The fourth-order valence-corrected chi connectivity index (χ4v) is 2.59. The Labute approximate surface area is 90.1 Å². The summed E-state index contributed by atoms with van der Waals surface area (Å²) >= 11 is 2.56. The second-order valence-corrected chi connectivity index (χ2v) is 5.55. The molecule has 1 aromatic carbocycles. The predicted octanol–water partition coefficient (Wildman–Crippen LogP) is 2.65. The smallest absolute Gasteiger partial charge is 0.296 e. The molecule has 0 aromatic heterocycles. The van der Waals surface area contributed by atoms with Gasteiger partial charge in [0.25, 0.3) is 0 Å². The van der Waals surface area contributed by atoms with Gasteiger partial charge in [-0.2, -0.15) is 16.9 Å². The fraction of sp³-hybridized carbons (Fsp3) is 0.250. The number of hydrogen-bond acceptors (Lipinski definition) is 0. The van der Waals surface area contributed by atoms with Crippen LogP contribution < -0.4 is 3.69 Å². The van der Waals surface area contributed by atoms with Crippen LogP contribution in [0.5, 0.6) is 0 Å². The monoisotopic (exact) mass is 262 g/mol. The van der Waals surface area contributed by atoms with E-state index in [1.807, 2.05) is 0 Å². The van der Waals surface area contributed by atoms with Crippen LogP contribution >= 0.6 is 12.9 Å². The minimum atomic E-state index is -4.23. The molecule has 0 fully saturated rings. The van der Waals surface area contributed by atoms with Crippen LogP contribution in [0, 0.1) is 6.92 Å². The summed E-state index contributed by atoms with van der Waals surface area (Å²) < 4.78 is 37.9. The average molecular weight is 263 g/mol. The summed E-state index contributed by atoms with van der Waals surface area (Å²) in [6.07, 6.45) is -4.23. The molecule has 0 N–H and O–H groups in total. The average Bonchev–Trinajstić information content (AvgIpc) is 2.03. The van der Waals surface area contributed by atoms with Crippen LogP contribution in [-0.2, 0) is 6.18 Å². The molecule has 0 unspecified atom stereocenters. The molecule has 5 heteroatoms. The quantitative estimate of drug-likeness (QED) is 0.683. The van der Waals surface area contributed by atoms with Gasteiger partial charge in [0.2, 0.25) is 0 Å². The van der Waals surface area contributed by atoms with Crippen LogP contribution in [0.25, 0.3) is 0 Å². The molecule has 0 bridgehead atoms. The van der Waals surface area contributed by atoms with Crippen LogP contribution in [0.15, 0.2) is 18.2 Å². The van der Waals surface area contributed by atoms with E-state index in [0.717, 1.165) is 3.69 Å². The van der Waals surface area contributed by atoms with E-state index in [1.165, 1.54) is 19.1 Å². The molecule has 68 valence electrons. The first-order chi connectivity index (χ1) is 5.95. The largest absolute Gasteiger partial charge is 0.506 e. The van der Waals surface area contributed by atoms with Crippen LogP contribution in [0.3, 0.4) is 0 Å². The SMILES string of the molecule is Cc1cc[c]([Mg][Br])cc1C(F)(F)F. The zero-order valence-corrected chi connectivity index (χ0v) is 9.95. The molecule has 1 aromatic rings. The minimum Gasteiger partial charge on any atom is -0.296 e. The van der Waals surface area contributed by atoms with E-state index < -0.39 is 29.9 Å². The normalized spacial score (nSPS) is 11.2. The summed E-state index contributed by atoms with van der Waals surface area (Å²) in [7, 11) is 0. The number of rotatable bonds is 1. The number of halogens is 4. The lowest BCUT2D eigenvalue weighted by Gasteiger charge is -2.11. The highest BCUT2D eigenvalue weighted by Crippen LogP contribution is 2.30. The van der Waals surface area contributed by atoms with Crippen molar-refractivity contribution in [1.82, 2.24) is 0 Å². The van der Waals surface area contributed by atoms with Crippen molar-refractivity contribution in [2.45, 2.75) is 13.1 Å². The minimum absolute atomic E-state index is 0.284. The van der Waals surface area contributed by atoms with Crippen molar-refractivity contribution < 1.29 is 13.2 Å². The molecule has 0 aliphatic carbocycles. The van der Waals surface area contributed by atoms with E-state index in [-0.39, 0.29) is 5.56 Å². The van der Waals surface area contributed by atoms with Crippen molar-refractivity contribution in [1.29, 1.82) is 0 Å². The Morgan fingerprint density at radius 1 is 1.31 bits per heavy atom. The summed E-state index contributed by atoms with van der Waals surface area (Å²) in [5.74, 6) is 0. The van der Waals surface area contributed by atoms with Gasteiger partial charge in [-0.25, -0.2) is 0 Å². The zero-order valence-electron chi connectivity index (χ0n) is 6.95. The molecule has 0 amide bonds. The van der Waals surface area contributed by atoms with Gasteiger partial charge >= 0.3 is 24.4 Å². The topological polar surface area (TPSA) is 0 Å². The molecule has 1 rings (SSSR count). The van der Waals surface area contributed by atoms with Gasteiger partial charge < -0.3 is 0 Å². The summed E-state index contributed by atoms with van der Waals surface area (Å²) in [5.41, 5.74) is -0.233. The zero-order chi connectivity index (χ0) is 10.1. The highest BCUT2D eigenvalue weighted by atomic mass is 79.9. The predicted molar refractivity (Wildman–Crippen MR) is 50.5 cm³/mol.